The van der Waals surface area contributed by atoms with Crippen molar-refractivity contribution in [2.45, 2.75) is 65.0 Å². The second kappa shape index (κ2) is 11.5. The molecule has 5 rings (SSSR count). The molecule has 0 aliphatic carbocycles. The lowest BCUT2D eigenvalue weighted by atomic mass is 10.0. The standard InChI is InChI=1S/C31H38N4O6/c1-31(2,3)41-30(39)34-16-14-33(15-17-34)18-21-8-10-22(11-9-21)20-40-26-7-5-6-23-24(26)19-35(28(23)37)25-12-13-27(36)32(4)29(25)38/h5-11,25H,12-20H2,1-4H3. The van der Waals surface area contributed by atoms with E-state index in [0.717, 1.165) is 35.7 Å². The van der Waals surface area contributed by atoms with Gasteiger partial charge in [-0.1, -0.05) is 30.3 Å². The third-order valence-corrected chi connectivity index (χ3v) is 7.80. The zero-order valence-corrected chi connectivity index (χ0v) is 24.2. The molecule has 0 spiro atoms. The number of piperidine rings is 1. The lowest BCUT2D eigenvalue weighted by molar-refractivity contribution is -0.150. The fourth-order valence-corrected chi connectivity index (χ4v) is 5.48. The Morgan fingerprint density at radius 3 is 2.32 bits per heavy atom. The Morgan fingerprint density at radius 1 is 0.951 bits per heavy atom. The van der Waals surface area contributed by atoms with Crippen LogP contribution < -0.4 is 4.74 Å². The van der Waals surface area contributed by atoms with Crippen molar-refractivity contribution in [3.8, 4) is 5.75 Å². The van der Waals surface area contributed by atoms with Crippen molar-refractivity contribution < 1.29 is 28.7 Å². The summed E-state index contributed by atoms with van der Waals surface area (Å²) in [6.45, 7) is 9.93. The van der Waals surface area contributed by atoms with Crippen LogP contribution in [0.15, 0.2) is 42.5 Å². The molecule has 2 saturated heterocycles. The number of likely N-dealkylation sites (N-methyl/N-ethyl adjacent to an activating group) is 1. The fourth-order valence-electron chi connectivity index (χ4n) is 5.48. The Bertz CT molecular complexity index is 1330. The van der Waals surface area contributed by atoms with Crippen LogP contribution in [0.1, 0.15) is 60.7 Å². The molecule has 3 aliphatic heterocycles. The number of hydrogen-bond acceptors (Lipinski definition) is 7. The van der Waals surface area contributed by atoms with Crippen molar-refractivity contribution in [2.75, 3.05) is 33.2 Å². The average Bonchev–Trinajstić information content (AvgIpc) is 3.27. The highest BCUT2D eigenvalue weighted by Crippen LogP contribution is 2.34. The van der Waals surface area contributed by atoms with E-state index in [-0.39, 0.29) is 36.8 Å². The van der Waals surface area contributed by atoms with Gasteiger partial charge in [-0.05, 0) is 50.5 Å². The van der Waals surface area contributed by atoms with Gasteiger partial charge < -0.3 is 19.3 Å². The number of carbonyl (C=O) groups is 4. The van der Waals surface area contributed by atoms with Gasteiger partial charge in [-0.15, -0.1) is 0 Å². The zero-order valence-electron chi connectivity index (χ0n) is 24.2. The molecule has 3 aliphatic rings. The van der Waals surface area contributed by atoms with E-state index in [1.54, 1.807) is 21.9 Å². The van der Waals surface area contributed by atoms with Gasteiger partial charge in [0.1, 0.15) is 24.0 Å². The summed E-state index contributed by atoms with van der Waals surface area (Å²) >= 11 is 0. The maximum Gasteiger partial charge on any atom is 0.410 e. The van der Waals surface area contributed by atoms with Gasteiger partial charge in [-0.2, -0.15) is 0 Å². The molecule has 0 saturated carbocycles. The van der Waals surface area contributed by atoms with Crippen molar-refractivity contribution in [1.82, 2.24) is 19.6 Å². The van der Waals surface area contributed by atoms with Gasteiger partial charge in [0, 0.05) is 57.3 Å². The van der Waals surface area contributed by atoms with E-state index in [9.17, 15) is 19.2 Å². The number of nitrogens with zero attached hydrogens (tertiary/aromatic N) is 4. The van der Waals surface area contributed by atoms with Crippen molar-refractivity contribution >= 4 is 23.8 Å². The Hall–Kier alpha value is -3.92. The first-order valence-electron chi connectivity index (χ1n) is 14.1. The van der Waals surface area contributed by atoms with Gasteiger partial charge in [-0.25, -0.2) is 4.79 Å². The van der Waals surface area contributed by atoms with E-state index in [0.29, 0.717) is 37.4 Å². The molecule has 1 unspecified atom stereocenters. The van der Waals surface area contributed by atoms with E-state index < -0.39 is 11.6 Å². The predicted molar refractivity (Wildman–Crippen MR) is 151 cm³/mol. The number of amides is 4. The number of fused-ring (bicyclic) bond motifs is 1. The summed E-state index contributed by atoms with van der Waals surface area (Å²) in [4.78, 5) is 56.8. The van der Waals surface area contributed by atoms with Crippen LogP contribution in [0.5, 0.6) is 5.75 Å². The van der Waals surface area contributed by atoms with Gasteiger partial charge in [-0.3, -0.25) is 24.2 Å². The zero-order chi connectivity index (χ0) is 29.3. The quantitative estimate of drug-likeness (QED) is 0.498. The molecule has 0 radical (unpaired) electrons. The molecule has 10 heteroatoms. The Labute approximate surface area is 240 Å². The molecule has 2 aromatic rings. The molecule has 2 fully saturated rings. The highest BCUT2D eigenvalue weighted by atomic mass is 16.6. The fraction of sp³-hybridized carbons (Fsp3) is 0.484. The number of carbonyl (C=O) groups excluding carboxylic acids is 4. The Morgan fingerprint density at radius 2 is 1.63 bits per heavy atom. The molecular weight excluding hydrogens is 524 g/mol. The number of hydrogen-bond donors (Lipinski definition) is 0. The van der Waals surface area contributed by atoms with E-state index >= 15 is 0 Å². The summed E-state index contributed by atoms with van der Waals surface area (Å²) in [5, 5.41) is 0. The van der Waals surface area contributed by atoms with Crippen LogP contribution in [0.2, 0.25) is 0 Å². The predicted octanol–water partition coefficient (Wildman–Crippen LogP) is 3.42. The summed E-state index contributed by atoms with van der Waals surface area (Å²) in [5.74, 6) is -0.137. The molecule has 0 N–H and O–H groups in total. The minimum absolute atomic E-state index is 0.206. The van der Waals surface area contributed by atoms with Crippen LogP contribution in [-0.4, -0.2) is 88.3 Å². The average molecular weight is 563 g/mol. The van der Waals surface area contributed by atoms with Crippen molar-refractivity contribution in [3.63, 3.8) is 0 Å². The van der Waals surface area contributed by atoms with Crippen molar-refractivity contribution in [3.05, 3.63) is 64.7 Å². The van der Waals surface area contributed by atoms with Gasteiger partial charge in [0.25, 0.3) is 11.8 Å². The van der Waals surface area contributed by atoms with Crippen molar-refractivity contribution in [2.24, 2.45) is 0 Å². The lowest BCUT2D eigenvalue weighted by Gasteiger charge is -2.35. The number of rotatable bonds is 6. The normalized spacial score (nSPS) is 20.0. The molecule has 41 heavy (non-hydrogen) atoms. The first-order valence-corrected chi connectivity index (χ1v) is 14.1. The first-order chi connectivity index (χ1) is 19.5. The maximum atomic E-state index is 13.1. The summed E-state index contributed by atoms with van der Waals surface area (Å²) in [6.07, 6.45) is 0.326. The number of piperazine rings is 1. The van der Waals surface area contributed by atoms with E-state index in [1.165, 1.54) is 12.6 Å². The van der Waals surface area contributed by atoms with Crippen molar-refractivity contribution in [1.29, 1.82) is 0 Å². The van der Waals surface area contributed by atoms with Gasteiger partial charge in [0.15, 0.2) is 0 Å². The third-order valence-electron chi connectivity index (χ3n) is 7.80. The van der Waals surface area contributed by atoms with Crippen LogP contribution in [-0.2, 0) is 34.0 Å². The summed E-state index contributed by atoms with van der Waals surface area (Å²) in [6, 6.07) is 13.0. The largest absolute Gasteiger partial charge is 0.489 e. The van der Waals surface area contributed by atoms with Gasteiger partial charge in [0.05, 0.1) is 6.54 Å². The van der Waals surface area contributed by atoms with E-state index in [1.807, 2.05) is 39.0 Å². The summed E-state index contributed by atoms with van der Waals surface area (Å²) in [5.41, 5.74) is 3.00. The molecule has 1 atom stereocenters. The molecular formula is C31H38N4O6. The highest BCUT2D eigenvalue weighted by molar-refractivity contribution is 6.05. The highest BCUT2D eigenvalue weighted by Gasteiger charge is 2.42. The molecule has 2 aromatic carbocycles. The van der Waals surface area contributed by atoms with E-state index in [4.69, 9.17) is 9.47 Å². The minimum atomic E-state index is -0.640. The van der Waals surface area contributed by atoms with Gasteiger partial charge >= 0.3 is 6.09 Å². The molecule has 3 heterocycles. The Kier molecular flexibility index (Phi) is 8.04. The molecule has 10 nitrogen and oxygen atoms in total. The second-order valence-corrected chi connectivity index (χ2v) is 11.9. The van der Waals surface area contributed by atoms with Gasteiger partial charge in [0.2, 0.25) is 5.91 Å². The lowest BCUT2D eigenvalue weighted by Crippen LogP contribution is -2.53. The number of imide groups is 1. The minimum Gasteiger partial charge on any atom is -0.489 e. The molecule has 0 bridgehead atoms. The monoisotopic (exact) mass is 562 g/mol. The van der Waals surface area contributed by atoms with Crippen LogP contribution >= 0.6 is 0 Å². The van der Waals surface area contributed by atoms with Crippen LogP contribution in [0, 0.1) is 0 Å². The number of likely N-dealkylation sites (tertiary alicyclic amines) is 1. The van der Waals surface area contributed by atoms with Crippen LogP contribution in [0.4, 0.5) is 4.79 Å². The second-order valence-electron chi connectivity index (χ2n) is 11.9. The first kappa shape index (κ1) is 28.6. The number of ether oxygens (including phenoxy) is 2. The molecule has 4 amide bonds. The topological polar surface area (TPSA) is 99.7 Å². The van der Waals surface area contributed by atoms with E-state index in [2.05, 4.69) is 17.0 Å². The SMILES string of the molecule is CN1C(=O)CCC(N2Cc3c(OCc4ccc(CN5CCN(C(=O)OC(C)(C)C)CC5)cc4)cccc3C2=O)C1=O. The maximum absolute atomic E-state index is 13.1. The molecule has 0 aromatic heterocycles. The van der Waals surface area contributed by atoms with Crippen LogP contribution in [0.25, 0.3) is 0 Å². The molecule has 218 valence electrons. The summed E-state index contributed by atoms with van der Waals surface area (Å²) < 4.78 is 11.6. The summed E-state index contributed by atoms with van der Waals surface area (Å²) in [7, 11) is 1.47. The third kappa shape index (κ3) is 6.37. The Balaban J connectivity index is 1.14. The number of benzene rings is 2. The smallest absolute Gasteiger partial charge is 0.410 e. The van der Waals surface area contributed by atoms with Crippen LogP contribution in [0.3, 0.4) is 0 Å².